The van der Waals surface area contributed by atoms with Gasteiger partial charge in [0.05, 0.1) is 12.6 Å². The number of ether oxygens (including phenoxy) is 2. The van der Waals surface area contributed by atoms with Gasteiger partial charge in [0, 0.05) is 13.0 Å². The number of hydrogen-bond acceptors (Lipinski definition) is 5. The predicted molar refractivity (Wildman–Crippen MR) is 92.5 cm³/mol. The van der Waals surface area contributed by atoms with Gasteiger partial charge in [-0.1, -0.05) is 12.3 Å². The van der Waals surface area contributed by atoms with E-state index >= 15 is 0 Å². The van der Waals surface area contributed by atoms with Crippen LogP contribution in [0, 0.1) is 11.8 Å². The Kier molecular flexibility index (Phi) is 10.9. The molecule has 0 radical (unpaired) electrons. The normalized spacial score (nSPS) is 18.5. The zero-order chi connectivity index (χ0) is 17.6. The summed E-state index contributed by atoms with van der Waals surface area (Å²) in [5, 5.41) is 2.67. The van der Waals surface area contributed by atoms with Crippen molar-refractivity contribution in [1.29, 1.82) is 0 Å². The number of Topliss-reactive ketones (excluding diaryl/α,β-unsaturated/α-hetero) is 1. The van der Waals surface area contributed by atoms with Gasteiger partial charge < -0.3 is 20.5 Å². The van der Waals surface area contributed by atoms with Crippen molar-refractivity contribution in [1.82, 2.24) is 5.32 Å². The second-order valence-corrected chi connectivity index (χ2v) is 6.06. The van der Waals surface area contributed by atoms with Gasteiger partial charge in [0.15, 0.2) is 0 Å². The van der Waals surface area contributed by atoms with Crippen LogP contribution < -0.4 is 11.1 Å². The van der Waals surface area contributed by atoms with E-state index < -0.39 is 12.1 Å². The van der Waals surface area contributed by atoms with Crippen LogP contribution in [0.2, 0.25) is 0 Å². The number of nitrogens with two attached hydrogens (primary N) is 1. The van der Waals surface area contributed by atoms with Crippen LogP contribution in [0.25, 0.3) is 0 Å². The third kappa shape index (κ3) is 10.2. The molecule has 2 unspecified atom stereocenters. The highest BCUT2D eigenvalue weighted by Crippen LogP contribution is 2.10. The van der Waals surface area contributed by atoms with E-state index in [4.69, 9.17) is 15.2 Å². The van der Waals surface area contributed by atoms with Crippen molar-refractivity contribution in [2.75, 3.05) is 19.8 Å². The molecular weight excluding hydrogens is 308 g/mol. The lowest BCUT2D eigenvalue weighted by molar-refractivity contribution is -0.118. The van der Waals surface area contributed by atoms with Crippen molar-refractivity contribution in [3.8, 4) is 11.8 Å². The first-order valence-corrected chi connectivity index (χ1v) is 8.86. The molecule has 1 aliphatic carbocycles. The summed E-state index contributed by atoms with van der Waals surface area (Å²) in [5.74, 6) is 6.23. The molecule has 6 heteroatoms. The Bertz CT molecular complexity index is 442. The molecule has 136 valence electrons. The van der Waals surface area contributed by atoms with Crippen LogP contribution in [0.5, 0.6) is 0 Å². The van der Waals surface area contributed by atoms with Gasteiger partial charge in [-0.15, -0.1) is 5.92 Å². The molecule has 0 spiro atoms. The lowest BCUT2D eigenvalue weighted by atomic mass is 10.1. The maximum Gasteiger partial charge on any atom is 0.407 e. The fraction of sp³-hybridized carbons (Fsp3) is 0.778. The quantitative estimate of drug-likeness (QED) is 0.470. The van der Waals surface area contributed by atoms with E-state index in [1.54, 1.807) is 0 Å². The smallest absolute Gasteiger partial charge is 0.407 e. The number of amides is 1. The SMILES string of the molecule is CC(=O)C(N)CCCCNC(=O)OCCOC1C#CCCCCC1. The van der Waals surface area contributed by atoms with Gasteiger partial charge in [-0.05, 0) is 45.4 Å². The first-order chi connectivity index (χ1) is 11.6. The van der Waals surface area contributed by atoms with Crippen molar-refractivity contribution >= 4 is 11.9 Å². The number of carbonyl (C=O) groups is 2. The van der Waals surface area contributed by atoms with Gasteiger partial charge in [-0.2, -0.15) is 0 Å². The first kappa shape index (κ1) is 20.5. The molecule has 2 atom stereocenters. The minimum absolute atomic E-state index is 0.00338. The zero-order valence-electron chi connectivity index (χ0n) is 14.6. The van der Waals surface area contributed by atoms with Crippen molar-refractivity contribution in [2.45, 2.75) is 70.4 Å². The number of nitrogens with one attached hydrogen (secondary N) is 1. The molecule has 0 fully saturated rings. The molecule has 0 bridgehead atoms. The monoisotopic (exact) mass is 338 g/mol. The van der Waals surface area contributed by atoms with Crippen LogP contribution in [0.3, 0.4) is 0 Å². The minimum atomic E-state index is -0.446. The Labute approximate surface area is 144 Å². The predicted octanol–water partition coefficient (Wildman–Crippen LogP) is 2.15. The molecular formula is C18H30N2O4. The largest absolute Gasteiger partial charge is 0.447 e. The zero-order valence-corrected chi connectivity index (χ0v) is 14.6. The van der Waals surface area contributed by atoms with Gasteiger partial charge in [-0.3, -0.25) is 4.79 Å². The first-order valence-electron chi connectivity index (χ1n) is 8.86. The Morgan fingerprint density at radius 2 is 2.08 bits per heavy atom. The Balaban J connectivity index is 1.98. The van der Waals surface area contributed by atoms with Crippen molar-refractivity contribution in [3.63, 3.8) is 0 Å². The van der Waals surface area contributed by atoms with Gasteiger partial charge >= 0.3 is 6.09 Å². The highest BCUT2D eigenvalue weighted by atomic mass is 16.6. The van der Waals surface area contributed by atoms with E-state index in [0.29, 0.717) is 19.6 Å². The van der Waals surface area contributed by atoms with Crippen LogP contribution in [0.1, 0.15) is 58.3 Å². The second-order valence-electron chi connectivity index (χ2n) is 6.06. The summed E-state index contributed by atoms with van der Waals surface area (Å²) in [6.45, 7) is 2.59. The lowest BCUT2D eigenvalue weighted by Gasteiger charge is -2.14. The summed E-state index contributed by atoms with van der Waals surface area (Å²) in [6.07, 6.45) is 7.11. The molecule has 0 aromatic rings. The highest BCUT2D eigenvalue weighted by molar-refractivity contribution is 5.81. The molecule has 0 aliphatic heterocycles. The average molecular weight is 338 g/mol. The summed E-state index contributed by atoms with van der Waals surface area (Å²) < 4.78 is 10.7. The van der Waals surface area contributed by atoms with Crippen molar-refractivity contribution in [3.05, 3.63) is 0 Å². The van der Waals surface area contributed by atoms with Gasteiger partial charge in [0.25, 0.3) is 0 Å². The number of unbranched alkanes of at least 4 members (excludes halogenated alkanes) is 1. The molecule has 0 saturated carbocycles. The van der Waals surface area contributed by atoms with Crippen LogP contribution in [-0.4, -0.2) is 43.8 Å². The summed E-state index contributed by atoms with van der Waals surface area (Å²) >= 11 is 0. The summed E-state index contributed by atoms with van der Waals surface area (Å²) in [6, 6.07) is -0.398. The molecule has 0 aromatic carbocycles. The van der Waals surface area contributed by atoms with Crippen LogP contribution in [-0.2, 0) is 14.3 Å². The third-order valence-corrected chi connectivity index (χ3v) is 3.90. The molecule has 0 aromatic heterocycles. The standard InChI is InChI=1S/C18H30N2O4/c1-15(21)17(19)11-7-8-12-20-18(22)24-14-13-23-16-9-5-3-2-4-6-10-16/h16-17H,2-5,7-9,11-14,19H2,1H3,(H,20,22). The topological polar surface area (TPSA) is 90.7 Å². The molecule has 3 N–H and O–H groups in total. The van der Waals surface area contributed by atoms with E-state index in [2.05, 4.69) is 17.2 Å². The number of alkyl carbamates (subject to hydrolysis) is 1. The van der Waals surface area contributed by atoms with Crippen LogP contribution >= 0.6 is 0 Å². The Morgan fingerprint density at radius 1 is 1.25 bits per heavy atom. The van der Waals surface area contributed by atoms with E-state index in [-0.39, 0.29) is 18.5 Å². The summed E-state index contributed by atoms with van der Waals surface area (Å²) in [4.78, 5) is 22.5. The molecule has 1 amide bonds. The highest BCUT2D eigenvalue weighted by Gasteiger charge is 2.09. The van der Waals surface area contributed by atoms with E-state index in [0.717, 1.165) is 32.1 Å². The molecule has 24 heavy (non-hydrogen) atoms. The van der Waals surface area contributed by atoms with E-state index in [1.807, 2.05) is 0 Å². The average Bonchev–Trinajstić information content (AvgIpc) is 2.52. The van der Waals surface area contributed by atoms with E-state index in [1.165, 1.54) is 19.8 Å². The molecule has 0 heterocycles. The van der Waals surface area contributed by atoms with Gasteiger partial charge in [0.2, 0.25) is 0 Å². The summed E-state index contributed by atoms with van der Waals surface area (Å²) in [5.41, 5.74) is 5.63. The maximum atomic E-state index is 11.5. The minimum Gasteiger partial charge on any atom is -0.447 e. The molecule has 0 saturated heterocycles. The van der Waals surface area contributed by atoms with Gasteiger partial charge in [-0.25, -0.2) is 4.79 Å². The molecule has 1 aliphatic rings. The molecule has 6 nitrogen and oxygen atoms in total. The molecule has 1 rings (SSSR count). The number of ketones is 1. The maximum absolute atomic E-state index is 11.5. The van der Waals surface area contributed by atoms with E-state index in [9.17, 15) is 9.59 Å². The summed E-state index contributed by atoms with van der Waals surface area (Å²) in [7, 11) is 0. The lowest BCUT2D eigenvalue weighted by Crippen LogP contribution is -2.29. The fourth-order valence-electron chi connectivity index (χ4n) is 2.36. The fourth-order valence-corrected chi connectivity index (χ4v) is 2.36. The van der Waals surface area contributed by atoms with Crippen molar-refractivity contribution < 1.29 is 19.1 Å². The third-order valence-electron chi connectivity index (χ3n) is 3.90. The second kappa shape index (κ2) is 12.8. The van der Waals surface area contributed by atoms with Crippen molar-refractivity contribution in [2.24, 2.45) is 5.73 Å². The Hall–Kier alpha value is -1.58. The van der Waals surface area contributed by atoms with Crippen LogP contribution in [0.4, 0.5) is 4.79 Å². The Morgan fingerprint density at radius 3 is 2.88 bits per heavy atom. The number of carbonyl (C=O) groups excluding carboxylic acids is 2. The van der Waals surface area contributed by atoms with Gasteiger partial charge in [0.1, 0.15) is 18.5 Å². The number of rotatable bonds is 10. The number of hydrogen-bond donors (Lipinski definition) is 2. The van der Waals surface area contributed by atoms with Crippen LogP contribution in [0.15, 0.2) is 0 Å².